The van der Waals surface area contributed by atoms with Crippen LogP contribution >= 0.6 is 11.6 Å². The van der Waals surface area contributed by atoms with E-state index in [0.29, 0.717) is 4.90 Å². The van der Waals surface area contributed by atoms with Gasteiger partial charge in [-0.05, 0) is 6.07 Å². The topological polar surface area (TPSA) is 97.0 Å². The monoisotopic (exact) mass is 405 g/mol. The zero-order valence-corrected chi connectivity index (χ0v) is 16.6. The fraction of sp³-hybridized carbons (Fsp3) is 0.263. The summed E-state index contributed by atoms with van der Waals surface area (Å²) in [6, 6.07) is 12.3. The number of halogens is 1. The molecule has 2 atom stereocenters. The number of nitrogens with one attached hydrogen (secondary N) is 2. The Hall–Kier alpha value is -2.97. The number of non-ortho nitro benzene ring substituents is 1. The van der Waals surface area contributed by atoms with Crippen LogP contribution in [0.2, 0.25) is 5.02 Å². The highest BCUT2D eigenvalue weighted by Crippen LogP contribution is 2.27. The molecule has 2 aromatic carbocycles. The molecule has 0 saturated heterocycles. The molecule has 8 nitrogen and oxygen atoms in total. The highest BCUT2D eigenvalue weighted by Gasteiger charge is 2.31. The number of benzene rings is 2. The van der Waals surface area contributed by atoms with Gasteiger partial charge in [-0.2, -0.15) is 0 Å². The number of rotatable bonds is 7. The second-order valence-electron chi connectivity index (χ2n) is 6.57. The Morgan fingerprint density at radius 2 is 1.86 bits per heavy atom. The average Bonchev–Trinajstić information content (AvgIpc) is 2.64. The van der Waals surface area contributed by atoms with Crippen LogP contribution in [0.15, 0.2) is 48.5 Å². The molecule has 0 radical (unpaired) electrons. The first-order chi connectivity index (χ1) is 13.2. The summed E-state index contributed by atoms with van der Waals surface area (Å²) in [5.41, 5.74) is 0.842. The predicted molar refractivity (Wildman–Crippen MR) is 106 cm³/mol. The minimum absolute atomic E-state index is 0.0661. The van der Waals surface area contributed by atoms with Crippen molar-refractivity contribution in [1.29, 1.82) is 0 Å². The van der Waals surface area contributed by atoms with Crippen LogP contribution in [0.4, 0.5) is 11.4 Å². The lowest BCUT2D eigenvalue weighted by Gasteiger charge is -2.25. The van der Waals surface area contributed by atoms with Gasteiger partial charge in [-0.15, -0.1) is 0 Å². The third-order valence-electron chi connectivity index (χ3n) is 4.24. The maximum Gasteiger partial charge on any atom is 0.287 e. The molecular formula is C19H22ClN4O4+. The number of nitrogens with zero attached hydrogens (tertiary/aromatic N) is 2. The zero-order valence-electron chi connectivity index (χ0n) is 15.8. The molecule has 148 valence electrons. The SMILES string of the molecule is CN(C)C(=O)C[NH+](C)[C@@H](C(=O)Nc1ccc([N+](=O)[O-])cc1Cl)c1ccccc1. The molecular weight excluding hydrogens is 384 g/mol. The summed E-state index contributed by atoms with van der Waals surface area (Å²) < 4.78 is 0. The molecule has 1 unspecified atom stereocenters. The number of anilines is 1. The second-order valence-corrected chi connectivity index (χ2v) is 6.97. The first-order valence-corrected chi connectivity index (χ1v) is 8.90. The smallest absolute Gasteiger partial charge is 0.287 e. The summed E-state index contributed by atoms with van der Waals surface area (Å²) in [4.78, 5) is 37.6. The van der Waals surface area contributed by atoms with Crippen molar-refractivity contribution in [3.8, 4) is 0 Å². The molecule has 2 rings (SSSR count). The Bertz CT molecular complexity index is 873. The Morgan fingerprint density at radius 3 is 2.39 bits per heavy atom. The number of hydrogen-bond donors (Lipinski definition) is 2. The second kappa shape index (κ2) is 9.29. The molecule has 9 heteroatoms. The first-order valence-electron chi connectivity index (χ1n) is 8.53. The van der Waals surface area contributed by atoms with E-state index in [4.69, 9.17) is 11.6 Å². The van der Waals surface area contributed by atoms with Gasteiger partial charge in [0.1, 0.15) is 0 Å². The van der Waals surface area contributed by atoms with Crippen LogP contribution in [0.25, 0.3) is 0 Å². The number of likely N-dealkylation sites (N-methyl/N-ethyl adjacent to an activating group) is 2. The van der Waals surface area contributed by atoms with E-state index in [9.17, 15) is 19.7 Å². The first kappa shape index (κ1) is 21.3. The van der Waals surface area contributed by atoms with E-state index in [1.807, 2.05) is 30.3 Å². The lowest BCUT2D eigenvalue weighted by molar-refractivity contribution is -0.894. The third-order valence-corrected chi connectivity index (χ3v) is 4.55. The van der Waals surface area contributed by atoms with Crippen LogP contribution < -0.4 is 10.2 Å². The molecule has 0 aromatic heterocycles. The standard InChI is InChI=1S/C19H21ClN4O4/c1-22(2)17(25)12-23(3)18(13-7-5-4-6-8-13)19(26)21-16-10-9-14(24(27)28)11-15(16)20/h4-11,18H,12H2,1-3H3,(H,21,26)/p+1/t18-/m1/s1. The molecule has 0 aliphatic heterocycles. The van der Waals surface area contributed by atoms with Crippen molar-refractivity contribution in [2.75, 3.05) is 33.0 Å². The largest absolute Gasteiger partial charge is 0.344 e. The summed E-state index contributed by atoms with van der Waals surface area (Å²) in [7, 11) is 5.07. The summed E-state index contributed by atoms with van der Waals surface area (Å²) in [6.45, 7) is 0.119. The Labute approximate surface area is 167 Å². The highest BCUT2D eigenvalue weighted by atomic mass is 35.5. The fourth-order valence-corrected chi connectivity index (χ4v) is 2.95. The summed E-state index contributed by atoms with van der Waals surface area (Å²) >= 11 is 6.09. The molecule has 2 aromatic rings. The van der Waals surface area contributed by atoms with E-state index in [-0.39, 0.29) is 34.8 Å². The van der Waals surface area contributed by atoms with Crippen molar-refractivity contribution in [2.24, 2.45) is 0 Å². The quantitative estimate of drug-likeness (QED) is 0.539. The van der Waals surface area contributed by atoms with Gasteiger partial charge >= 0.3 is 0 Å². The van der Waals surface area contributed by atoms with Crippen molar-refractivity contribution in [3.63, 3.8) is 0 Å². The van der Waals surface area contributed by atoms with Crippen LogP contribution in [0.1, 0.15) is 11.6 Å². The molecule has 0 aliphatic rings. The molecule has 0 fully saturated rings. The third kappa shape index (κ3) is 5.28. The summed E-state index contributed by atoms with van der Waals surface area (Å²) in [6.07, 6.45) is 0. The lowest BCUT2D eigenvalue weighted by atomic mass is 10.0. The van der Waals surface area contributed by atoms with Crippen molar-refractivity contribution in [3.05, 3.63) is 69.2 Å². The minimum atomic E-state index is -0.670. The van der Waals surface area contributed by atoms with Crippen LogP contribution in [0.5, 0.6) is 0 Å². The number of nitro groups is 1. The molecule has 28 heavy (non-hydrogen) atoms. The maximum atomic E-state index is 13.0. The van der Waals surface area contributed by atoms with Crippen LogP contribution in [0.3, 0.4) is 0 Å². The van der Waals surface area contributed by atoms with E-state index in [1.54, 1.807) is 21.1 Å². The van der Waals surface area contributed by atoms with Crippen molar-refractivity contribution < 1.29 is 19.4 Å². The number of carbonyl (C=O) groups is 2. The van der Waals surface area contributed by atoms with Gasteiger partial charge in [-0.3, -0.25) is 19.7 Å². The predicted octanol–water partition coefficient (Wildman–Crippen LogP) is 1.53. The van der Waals surface area contributed by atoms with E-state index >= 15 is 0 Å². The van der Waals surface area contributed by atoms with Gasteiger partial charge in [0.15, 0.2) is 12.6 Å². The number of amides is 2. The van der Waals surface area contributed by atoms with Crippen molar-refractivity contribution in [1.82, 2.24) is 4.90 Å². The Balaban J connectivity index is 2.29. The van der Waals surface area contributed by atoms with Crippen molar-refractivity contribution >= 4 is 34.8 Å². The van der Waals surface area contributed by atoms with Crippen LogP contribution in [-0.4, -0.2) is 49.3 Å². The Morgan fingerprint density at radius 1 is 1.21 bits per heavy atom. The minimum Gasteiger partial charge on any atom is -0.344 e. The molecule has 0 bridgehead atoms. The van der Waals surface area contributed by atoms with E-state index in [2.05, 4.69) is 5.32 Å². The van der Waals surface area contributed by atoms with Gasteiger partial charge in [-0.25, -0.2) is 0 Å². The molecule has 2 amide bonds. The summed E-state index contributed by atoms with van der Waals surface area (Å²) in [5.74, 6) is -0.481. The fourth-order valence-electron chi connectivity index (χ4n) is 2.73. The van der Waals surface area contributed by atoms with Gasteiger partial charge in [0.2, 0.25) is 0 Å². The summed E-state index contributed by atoms with van der Waals surface area (Å²) in [5, 5.41) is 13.6. The van der Waals surface area contributed by atoms with Crippen molar-refractivity contribution in [2.45, 2.75) is 6.04 Å². The molecule has 0 aliphatic carbocycles. The maximum absolute atomic E-state index is 13.0. The van der Waals surface area contributed by atoms with Gasteiger partial charge in [-0.1, -0.05) is 41.9 Å². The van der Waals surface area contributed by atoms with E-state index in [1.165, 1.54) is 23.1 Å². The van der Waals surface area contributed by atoms with Crippen LogP contribution in [0, 0.1) is 10.1 Å². The number of quaternary nitrogens is 1. The van der Waals surface area contributed by atoms with Gasteiger partial charge < -0.3 is 15.1 Å². The van der Waals surface area contributed by atoms with Gasteiger partial charge in [0, 0.05) is 31.8 Å². The average molecular weight is 406 g/mol. The molecule has 0 spiro atoms. The Kier molecular flexibility index (Phi) is 7.08. The highest BCUT2D eigenvalue weighted by molar-refractivity contribution is 6.34. The number of carbonyl (C=O) groups excluding carboxylic acids is 2. The molecule has 2 N–H and O–H groups in total. The lowest BCUT2D eigenvalue weighted by Crippen LogP contribution is -3.11. The number of nitro benzene ring substituents is 1. The van der Waals surface area contributed by atoms with Gasteiger partial charge in [0.25, 0.3) is 17.5 Å². The number of hydrogen-bond acceptors (Lipinski definition) is 4. The van der Waals surface area contributed by atoms with Gasteiger partial charge in [0.05, 0.1) is 22.7 Å². The van der Waals surface area contributed by atoms with E-state index < -0.39 is 11.0 Å². The normalized spacial score (nSPS) is 12.7. The van der Waals surface area contributed by atoms with Crippen LogP contribution in [-0.2, 0) is 9.59 Å². The molecule has 0 heterocycles. The zero-order chi connectivity index (χ0) is 20.8. The molecule has 0 saturated carbocycles. The van der Waals surface area contributed by atoms with E-state index in [0.717, 1.165) is 5.56 Å².